The Bertz CT molecular complexity index is 1770. The zero-order valence-corrected chi connectivity index (χ0v) is 27.7. The van der Waals surface area contributed by atoms with Gasteiger partial charge < -0.3 is 30.0 Å². The Morgan fingerprint density at radius 2 is 1.44 bits per heavy atom. The van der Waals surface area contributed by atoms with Crippen molar-refractivity contribution in [2.75, 3.05) is 12.9 Å². The Morgan fingerprint density at radius 3 is 2.19 bits per heavy atom. The van der Waals surface area contributed by atoms with E-state index in [4.69, 9.17) is 14.2 Å². The molecule has 2 amide bonds. The molecular weight excluding hydrogens is 621 g/mol. The lowest BCUT2D eigenvalue weighted by Gasteiger charge is -2.36. The number of para-hydroxylation sites is 1. The summed E-state index contributed by atoms with van der Waals surface area (Å²) in [6, 6.07) is 42.1. The standard InChI is InChI=1S/C40H40N2O5S/c1-45-36-12-5-6-13-38(36)48-27-35-23-37(32-16-14-29(26-43)15-17-32)47-39(46-35)33-20-18-31(19-21-33)34-11-7-10-30(22-34)25-42-40(44)41-24-28-8-3-2-4-9-28/h2-22,35,37,39,43H,23-27H2,1H3,(H2,41,42,44). The number of hydrogen-bond donors (Lipinski definition) is 3. The third kappa shape index (κ3) is 8.85. The van der Waals surface area contributed by atoms with Gasteiger partial charge in [-0.2, -0.15) is 0 Å². The van der Waals surface area contributed by atoms with Gasteiger partial charge in [-0.15, -0.1) is 11.8 Å². The lowest BCUT2D eigenvalue weighted by molar-refractivity contribution is -0.245. The van der Waals surface area contributed by atoms with Crippen LogP contribution in [0.2, 0.25) is 0 Å². The smallest absolute Gasteiger partial charge is 0.315 e. The molecule has 48 heavy (non-hydrogen) atoms. The Balaban J connectivity index is 1.12. The second-order valence-corrected chi connectivity index (χ2v) is 12.7. The Morgan fingerprint density at radius 1 is 0.750 bits per heavy atom. The molecule has 3 N–H and O–H groups in total. The van der Waals surface area contributed by atoms with Gasteiger partial charge in [-0.1, -0.05) is 109 Å². The van der Waals surface area contributed by atoms with E-state index in [1.54, 1.807) is 18.9 Å². The zero-order chi connectivity index (χ0) is 33.1. The van der Waals surface area contributed by atoms with Gasteiger partial charge in [0.15, 0.2) is 6.29 Å². The lowest BCUT2D eigenvalue weighted by atomic mass is 9.99. The number of amides is 2. The van der Waals surface area contributed by atoms with Crippen molar-refractivity contribution in [2.24, 2.45) is 0 Å². The predicted octanol–water partition coefficient (Wildman–Crippen LogP) is 8.19. The SMILES string of the molecule is COc1ccccc1SCC1CC(c2ccc(CO)cc2)OC(c2ccc(-c3cccc(CNC(=O)NCc4ccccc4)c3)cc2)O1. The van der Waals surface area contributed by atoms with E-state index in [-0.39, 0.29) is 24.8 Å². The summed E-state index contributed by atoms with van der Waals surface area (Å²) in [6.07, 6.45) is -0.0488. The van der Waals surface area contributed by atoms with Gasteiger partial charge in [-0.05, 0) is 51.6 Å². The van der Waals surface area contributed by atoms with Gasteiger partial charge in [0.25, 0.3) is 0 Å². The zero-order valence-electron chi connectivity index (χ0n) is 26.9. The van der Waals surface area contributed by atoms with Gasteiger partial charge in [-0.25, -0.2) is 4.79 Å². The molecule has 0 bridgehead atoms. The molecule has 5 aromatic carbocycles. The molecule has 0 aliphatic carbocycles. The molecule has 1 fully saturated rings. The molecule has 0 spiro atoms. The molecule has 1 heterocycles. The molecule has 1 aliphatic rings. The minimum Gasteiger partial charge on any atom is -0.496 e. The minimum atomic E-state index is -0.538. The van der Waals surface area contributed by atoms with Gasteiger partial charge >= 0.3 is 6.03 Å². The van der Waals surface area contributed by atoms with Crippen LogP contribution in [-0.2, 0) is 29.2 Å². The lowest BCUT2D eigenvalue weighted by Crippen LogP contribution is -2.34. The van der Waals surface area contributed by atoms with Crippen LogP contribution in [0.25, 0.3) is 11.1 Å². The van der Waals surface area contributed by atoms with Crippen molar-refractivity contribution < 1.29 is 24.1 Å². The van der Waals surface area contributed by atoms with Crippen molar-refractivity contribution in [3.05, 3.63) is 155 Å². The van der Waals surface area contributed by atoms with E-state index in [1.165, 1.54) is 0 Å². The number of carbonyl (C=O) groups is 1. The minimum absolute atomic E-state index is 0.00553. The number of nitrogens with one attached hydrogen (secondary N) is 2. The van der Waals surface area contributed by atoms with E-state index in [0.717, 1.165) is 55.3 Å². The number of benzene rings is 5. The van der Waals surface area contributed by atoms with Gasteiger partial charge in [-0.3, -0.25) is 0 Å². The van der Waals surface area contributed by atoms with Crippen LogP contribution in [0.3, 0.4) is 0 Å². The van der Waals surface area contributed by atoms with Crippen LogP contribution in [0.15, 0.2) is 132 Å². The number of aliphatic hydroxyl groups is 1. The summed E-state index contributed by atoms with van der Waals surface area (Å²) in [6.45, 7) is 0.905. The fourth-order valence-corrected chi connectivity index (χ4v) is 6.71. The highest BCUT2D eigenvalue weighted by molar-refractivity contribution is 7.99. The molecule has 7 nitrogen and oxygen atoms in total. The van der Waals surface area contributed by atoms with Crippen LogP contribution >= 0.6 is 11.8 Å². The first kappa shape index (κ1) is 33.3. The first-order chi connectivity index (χ1) is 23.6. The summed E-state index contributed by atoms with van der Waals surface area (Å²) >= 11 is 1.72. The fourth-order valence-electron chi connectivity index (χ4n) is 5.66. The molecule has 1 aliphatic heterocycles. The van der Waals surface area contributed by atoms with Crippen molar-refractivity contribution in [3.8, 4) is 16.9 Å². The third-order valence-electron chi connectivity index (χ3n) is 8.30. The van der Waals surface area contributed by atoms with Crippen molar-refractivity contribution in [3.63, 3.8) is 0 Å². The van der Waals surface area contributed by atoms with Crippen LogP contribution in [0.4, 0.5) is 4.79 Å². The fraction of sp³-hybridized carbons (Fsp3) is 0.225. The first-order valence-corrected chi connectivity index (χ1v) is 17.1. The maximum atomic E-state index is 12.4. The Hall–Kier alpha value is -4.60. The summed E-state index contributed by atoms with van der Waals surface area (Å²) in [5.41, 5.74) is 7.05. The van der Waals surface area contributed by atoms with Crippen molar-refractivity contribution in [2.45, 2.75) is 49.5 Å². The molecule has 3 unspecified atom stereocenters. The molecule has 0 saturated carbocycles. The number of carbonyl (C=O) groups excluding carboxylic acids is 1. The second-order valence-electron chi connectivity index (χ2n) is 11.7. The molecule has 0 radical (unpaired) electrons. The monoisotopic (exact) mass is 660 g/mol. The number of rotatable bonds is 12. The molecule has 6 rings (SSSR count). The molecule has 5 aromatic rings. The molecule has 3 atom stereocenters. The van der Waals surface area contributed by atoms with E-state index in [9.17, 15) is 9.90 Å². The highest BCUT2D eigenvalue weighted by Gasteiger charge is 2.32. The summed E-state index contributed by atoms with van der Waals surface area (Å²) in [5.74, 6) is 1.60. The maximum Gasteiger partial charge on any atom is 0.315 e. The highest BCUT2D eigenvalue weighted by Crippen LogP contribution is 2.40. The second kappa shape index (κ2) is 16.5. The Kier molecular flexibility index (Phi) is 11.4. The molecule has 8 heteroatoms. The molecule has 246 valence electrons. The summed E-state index contributed by atoms with van der Waals surface area (Å²) in [7, 11) is 1.69. The number of aliphatic hydroxyl groups excluding tert-OH is 1. The number of hydrogen-bond acceptors (Lipinski definition) is 6. The molecular formula is C40H40N2O5S. The van der Waals surface area contributed by atoms with E-state index in [2.05, 4.69) is 53.1 Å². The van der Waals surface area contributed by atoms with E-state index >= 15 is 0 Å². The number of methoxy groups -OCH3 is 1. The van der Waals surface area contributed by atoms with Gasteiger partial charge in [0, 0.05) is 35.7 Å². The normalized spacial score (nSPS) is 17.4. The number of thioether (sulfide) groups is 1. The Labute approximate surface area is 286 Å². The van der Waals surface area contributed by atoms with Crippen LogP contribution in [0.5, 0.6) is 5.75 Å². The molecule has 1 saturated heterocycles. The van der Waals surface area contributed by atoms with Crippen LogP contribution in [0, 0.1) is 0 Å². The highest BCUT2D eigenvalue weighted by atomic mass is 32.2. The van der Waals surface area contributed by atoms with E-state index < -0.39 is 6.29 Å². The largest absolute Gasteiger partial charge is 0.496 e. The first-order valence-electron chi connectivity index (χ1n) is 16.1. The van der Waals surface area contributed by atoms with Crippen molar-refractivity contribution in [1.29, 1.82) is 0 Å². The number of ether oxygens (including phenoxy) is 3. The van der Waals surface area contributed by atoms with Gasteiger partial charge in [0.2, 0.25) is 0 Å². The van der Waals surface area contributed by atoms with Crippen LogP contribution in [-0.4, -0.2) is 30.1 Å². The summed E-state index contributed by atoms with van der Waals surface area (Å²) in [4.78, 5) is 13.5. The summed E-state index contributed by atoms with van der Waals surface area (Å²) in [5, 5.41) is 15.4. The van der Waals surface area contributed by atoms with Gasteiger partial charge in [0.1, 0.15) is 5.75 Å². The quantitative estimate of drug-likeness (QED) is 0.117. The third-order valence-corrected chi connectivity index (χ3v) is 9.49. The topological polar surface area (TPSA) is 89.0 Å². The van der Waals surface area contributed by atoms with E-state index in [0.29, 0.717) is 19.5 Å². The van der Waals surface area contributed by atoms with Crippen molar-refractivity contribution >= 4 is 17.8 Å². The average molecular weight is 661 g/mol. The van der Waals surface area contributed by atoms with Crippen LogP contribution in [0.1, 0.15) is 46.6 Å². The summed E-state index contributed by atoms with van der Waals surface area (Å²) < 4.78 is 18.7. The van der Waals surface area contributed by atoms with Crippen molar-refractivity contribution in [1.82, 2.24) is 10.6 Å². The van der Waals surface area contributed by atoms with Crippen LogP contribution < -0.4 is 15.4 Å². The average Bonchev–Trinajstić information content (AvgIpc) is 3.16. The predicted molar refractivity (Wildman–Crippen MR) is 190 cm³/mol. The van der Waals surface area contributed by atoms with Gasteiger partial charge in [0.05, 0.1) is 25.9 Å². The number of urea groups is 1. The molecule has 0 aromatic heterocycles. The van der Waals surface area contributed by atoms with E-state index in [1.807, 2.05) is 84.9 Å². The maximum absolute atomic E-state index is 12.4.